The average Bonchev–Trinajstić information content (AvgIpc) is 2.35. The molecule has 102 valence electrons. The number of sulfonamides is 1. The van der Waals surface area contributed by atoms with Crippen molar-refractivity contribution in [2.45, 2.75) is 24.3 Å². The Labute approximate surface area is 107 Å². The fraction of sp³-hybridized carbons (Fsp3) is 0.455. The summed E-state index contributed by atoms with van der Waals surface area (Å²) in [6.07, 6.45) is 0.757. The first-order chi connectivity index (χ1) is 8.44. The van der Waals surface area contributed by atoms with E-state index in [1.807, 2.05) is 6.92 Å². The lowest BCUT2D eigenvalue weighted by atomic mass is 10.2. The Kier molecular flexibility index (Phi) is 4.94. The topological polar surface area (TPSA) is 104 Å². The third-order valence-electron chi connectivity index (χ3n) is 2.65. The third-order valence-corrected chi connectivity index (χ3v) is 4.14. The van der Waals surface area contributed by atoms with Crippen LogP contribution in [0.25, 0.3) is 0 Å². The van der Waals surface area contributed by atoms with Gasteiger partial charge in [0.15, 0.2) is 0 Å². The quantitative estimate of drug-likeness (QED) is 0.560. The number of nitrogens with one attached hydrogen (secondary N) is 2. The maximum atomic E-state index is 11.6. The van der Waals surface area contributed by atoms with Crippen molar-refractivity contribution in [1.82, 2.24) is 4.72 Å². The Morgan fingerprint density at radius 3 is 2.56 bits per heavy atom. The highest BCUT2D eigenvalue weighted by atomic mass is 32.2. The molecule has 0 aliphatic heterocycles. The number of aliphatic hydroxyl groups excluding tert-OH is 1. The number of anilines is 2. The highest BCUT2D eigenvalue weighted by Crippen LogP contribution is 2.22. The average molecular weight is 273 g/mol. The van der Waals surface area contributed by atoms with Crippen molar-refractivity contribution in [3.05, 3.63) is 18.2 Å². The molecule has 0 spiro atoms. The monoisotopic (exact) mass is 273 g/mol. The minimum Gasteiger partial charge on any atom is -0.398 e. The van der Waals surface area contributed by atoms with Crippen LogP contribution in [0.15, 0.2) is 23.1 Å². The van der Waals surface area contributed by atoms with E-state index in [1.54, 1.807) is 12.1 Å². The molecule has 7 heteroatoms. The molecule has 1 rings (SSSR count). The zero-order chi connectivity index (χ0) is 13.8. The van der Waals surface area contributed by atoms with Gasteiger partial charge in [0, 0.05) is 11.7 Å². The van der Waals surface area contributed by atoms with Gasteiger partial charge >= 0.3 is 0 Å². The largest absolute Gasteiger partial charge is 0.398 e. The first-order valence-corrected chi connectivity index (χ1v) is 7.13. The Balaban J connectivity index is 3.00. The van der Waals surface area contributed by atoms with E-state index in [2.05, 4.69) is 10.0 Å². The van der Waals surface area contributed by atoms with Crippen molar-refractivity contribution in [2.24, 2.45) is 0 Å². The van der Waals surface area contributed by atoms with Crippen molar-refractivity contribution in [2.75, 3.05) is 24.7 Å². The summed E-state index contributed by atoms with van der Waals surface area (Å²) in [7, 11) is -2.20. The van der Waals surface area contributed by atoms with Crippen molar-refractivity contribution < 1.29 is 13.5 Å². The number of benzene rings is 1. The molecule has 0 aliphatic carbocycles. The van der Waals surface area contributed by atoms with Crippen LogP contribution in [0, 0.1) is 0 Å². The van der Waals surface area contributed by atoms with Gasteiger partial charge in [-0.3, -0.25) is 0 Å². The van der Waals surface area contributed by atoms with Crippen LogP contribution >= 0.6 is 0 Å². The summed E-state index contributed by atoms with van der Waals surface area (Å²) in [6, 6.07) is 4.53. The summed E-state index contributed by atoms with van der Waals surface area (Å²) in [4.78, 5) is 0.0487. The van der Waals surface area contributed by atoms with Crippen LogP contribution in [0.1, 0.15) is 13.3 Å². The first-order valence-electron chi connectivity index (χ1n) is 5.65. The number of rotatable bonds is 6. The van der Waals surface area contributed by atoms with Gasteiger partial charge in [0.1, 0.15) is 4.90 Å². The summed E-state index contributed by atoms with van der Waals surface area (Å²) in [5.74, 6) is 0. The smallest absolute Gasteiger partial charge is 0.242 e. The van der Waals surface area contributed by atoms with Crippen LogP contribution in [-0.2, 0) is 10.0 Å². The molecular formula is C11H19N3O3S. The molecule has 1 aromatic carbocycles. The second-order valence-electron chi connectivity index (χ2n) is 3.89. The maximum Gasteiger partial charge on any atom is 0.242 e. The molecule has 5 N–H and O–H groups in total. The number of nitrogen functional groups attached to an aromatic ring is 1. The summed E-state index contributed by atoms with van der Waals surface area (Å²) in [5.41, 5.74) is 6.57. The highest BCUT2D eigenvalue weighted by molar-refractivity contribution is 7.89. The van der Waals surface area contributed by atoms with Crippen LogP contribution < -0.4 is 15.8 Å². The van der Waals surface area contributed by atoms with Gasteiger partial charge in [0.05, 0.1) is 12.3 Å². The van der Waals surface area contributed by atoms with Gasteiger partial charge in [-0.05, 0) is 31.7 Å². The van der Waals surface area contributed by atoms with E-state index in [0.29, 0.717) is 5.69 Å². The Morgan fingerprint density at radius 1 is 1.44 bits per heavy atom. The van der Waals surface area contributed by atoms with E-state index >= 15 is 0 Å². The molecule has 18 heavy (non-hydrogen) atoms. The number of aliphatic hydroxyl groups is 1. The maximum absolute atomic E-state index is 11.6. The normalized spacial score (nSPS) is 13.3. The van der Waals surface area contributed by atoms with Gasteiger partial charge in [-0.1, -0.05) is 6.92 Å². The van der Waals surface area contributed by atoms with E-state index < -0.39 is 10.0 Å². The molecule has 0 fully saturated rings. The molecule has 0 saturated heterocycles. The lowest BCUT2D eigenvalue weighted by Gasteiger charge is -2.16. The van der Waals surface area contributed by atoms with E-state index in [-0.39, 0.29) is 23.2 Å². The molecule has 1 atom stereocenters. The summed E-state index contributed by atoms with van der Waals surface area (Å²) < 4.78 is 25.4. The van der Waals surface area contributed by atoms with Crippen LogP contribution in [0.4, 0.5) is 11.4 Å². The fourth-order valence-electron chi connectivity index (χ4n) is 1.51. The molecule has 0 bridgehead atoms. The van der Waals surface area contributed by atoms with Gasteiger partial charge in [0.25, 0.3) is 0 Å². The minimum atomic E-state index is -3.54. The molecule has 1 unspecified atom stereocenters. The van der Waals surface area contributed by atoms with E-state index in [0.717, 1.165) is 6.42 Å². The van der Waals surface area contributed by atoms with Crippen molar-refractivity contribution >= 4 is 21.4 Å². The molecular weight excluding hydrogens is 254 g/mol. The van der Waals surface area contributed by atoms with Crippen molar-refractivity contribution in [3.8, 4) is 0 Å². The van der Waals surface area contributed by atoms with Gasteiger partial charge in [-0.2, -0.15) is 0 Å². The van der Waals surface area contributed by atoms with Crippen molar-refractivity contribution in [3.63, 3.8) is 0 Å². The molecule has 0 amide bonds. The molecule has 0 aromatic heterocycles. The van der Waals surface area contributed by atoms with Gasteiger partial charge in [0.2, 0.25) is 10.0 Å². The van der Waals surface area contributed by atoms with Crippen LogP contribution in [0.5, 0.6) is 0 Å². The molecule has 6 nitrogen and oxygen atoms in total. The predicted molar refractivity (Wildman–Crippen MR) is 71.9 cm³/mol. The summed E-state index contributed by atoms with van der Waals surface area (Å²) >= 11 is 0. The molecule has 0 saturated carbocycles. The van der Waals surface area contributed by atoms with Crippen LogP contribution in [-0.4, -0.2) is 33.2 Å². The minimum absolute atomic E-state index is 0.00692. The molecule has 0 aliphatic rings. The first kappa shape index (κ1) is 14.7. The predicted octanol–water partition coefficient (Wildman–Crippen LogP) is 0.360. The van der Waals surface area contributed by atoms with Crippen LogP contribution in [0.2, 0.25) is 0 Å². The Bertz CT molecular complexity index is 498. The number of hydrogen-bond donors (Lipinski definition) is 4. The van der Waals surface area contributed by atoms with Gasteiger partial charge < -0.3 is 16.2 Å². The Morgan fingerprint density at radius 2 is 2.11 bits per heavy atom. The lowest BCUT2D eigenvalue weighted by Crippen LogP contribution is -2.23. The molecule has 1 aromatic rings. The van der Waals surface area contributed by atoms with Crippen molar-refractivity contribution in [1.29, 1.82) is 0 Å². The van der Waals surface area contributed by atoms with E-state index in [4.69, 9.17) is 10.8 Å². The zero-order valence-electron chi connectivity index (χ0n) is 10.5. The summed E-state index contributed by atoms with van der Waals surface area (Å²) in [6.45, 7) is 1.95. The molecule has 0 heterocycles. The lowest BCUT2D eigenvalue weighted by molar-refractivity contribution is 0.272. The standard InChI is InChI=1S/C11H19N3O3S/c1-3-8(7-15)14-9-4-5-11(10(12)6-9)18(16,17)13-2/h4-6,8,13-15H,3,7,12H2,1-2H3. The van der Waals surface area contributed by atoms with E-state index in [9.17, 15) is 8.42 Å². The zero-order valence-corrected chi connectivity index (χ0v) is 11.3. The molecule has 0 radical (unpaired) electrons. The van der Waals surface area contributed by atoms with E-state index in [1.165, 1.54) is 13.1 Å². The van der Waals surface area contributed by atoms with Gasteiger partial charge in [-0.25, -0.2) is 13.1 Å². The highest BCUT2D eigenvalue weighted by Gasteiger charge is 2.15. The Hall–Kier alpha value is -1.31. The number of hydrogen-bond acceptors (Lipinski definition) is 5. The second-order valence-corrected chi connectivity index (χ2v) is 5.75. The van der Waals surface area contributed by atoms with Gasteiger partial charge in [-0.15, -0.1) is 0 Å². The second kappa shape index (κ2) is 6.03. The third kappa shape index (κ3) is 3.34. The SMILES string of the molecule is CCC(CO)Nc1ccc(S(=O)(=O)NC)c(N)c1. The van der Waals surface area contributed by atoms with Crippen LogP contribution in [0.3, 0.4) is 0 Å². The fourth-order valence-corrected chi connectivity index (χ4v) is 2.34. The number of nitrogens with two attached hydrogens (primary N) is 1. The summed E-state index contributed by atoms with van der Waals surface area (Å²) in [5, 5.41) is 12.1.